The highest BCUT2D eigenvalue weighted by atomic mass is 16.5. The zero-order valence-corrected chi connectivity index (χ0v) is 13.6. The number of para-hydroxylation sites is 1. The molecule has 0 atom stereocenters. The summed E-state index contributed by atoms with van der Waals surface area (Å²) in [5.41, 5.74) is 1.75. The fraction of sp³-hybridized carbons (Fsp3) is 0.0952. The number of nitrogens with zero attached hydrogens (tertiary/aromatic N) is 1. The zero-order chi connectivity index (χ0) is 16.9. The summed E-state index contributed by atoms with van der Waals surface area (Å²) < 4.78 is 7.01. The fourth-order valence-electron chi connectivity index (χ4n) is 2.69. The molecule has 3 rings (SSSR count). The largest absolute Gasteiger partial charge is 0.444 e. The van der Waals surface area contributed by atoms with Crippen molar-refractivity contribution in [3.63, 3.8) is 0 Å². The minimum atomic E-state index is -0.416. The van der Waals surface area contributed by atoms with Crippen LogP contribution in [0.15, 0.2) is 66.7 Å². The second-order valence-corrected chi connectivity index (χ2v) is 5.45. The lowest BCUT2D eigenvalue weighted by molar-refractivity contribution is 0.141. The van der Waals surface area contributed by atoms with E-state index in [1.54, 1.807) is 0 Å². The van der Waals surface area contributed by atoms with Gasteiger partial charge in [0, 0.05) is 10.6 Å². The molecular formula is C21H19NO2. The van der Waals surface area contributed by atoms with E-state index in [1.807, 2.05) is 79.7 Å². The first-order valence-electron chi connectivity index (χ1n) is 7.85. The summed E-state index contributed by atoms with van der Waals surface area (Å²) >= 11 is 0. The Bertz CT molecular complexity index is 997. The first kappa shape index (κ1) is 15.8. The van der Waals surface area contributed by atoms with Gasteiger partial charge in [-0.1, -0.05) is 73.3 Å². The Hall–Kier alpha value is -3.07. The van der Waals surface area contributed by atoms with Crippen molar-refractivity contribution in [1.82, 2.24) is 4.57 Å². The Labute approximate surface area is 140 Å². The Morgan fingerprint density at radius 1 is 1.12 bits per heavy atom. The van der Waals surface area contributed by atoms with Crippen LogP contribution in [0.3, 0.4) is 0 Å². The monoisotopic (exact) mass is 317 g/mol. The highest BCUT2D eigenvalue weighted by Gasteiger charge is 2.13. The van der Waals surface area contributed by atoms with E-state index >= 15 is 0 Å². The third-order valence-electron chi connectivity index (χ3n) is 3.86. The topological polar surface area (TPSA) is 31.2 Å². The molecule has 0 unspecified atom stereocenters. The molecule has 1 heterocycles. The number of hydrogen-bond acceptors (Lipinski definition) is 2. The predicted molar refractivity (Wildman–Crippen MR) is 98.0 cm³/mol. The van der Waals surface area contributed by atoms with E-state index in [0.29, 0.717) is 5.35 Å². The maximum absolute atomic E-state index is 12.6. The number of allylic oxidation sites excluding steroid dienone is 2. The Morgan fingerprint density at radius 2 is 1.83 bits per heavy atom. The first-order chi connectivity index (χ1) is 11.7. The molecule has 0 saturated carbocycles. The van der Waals surface area contributed by atoms with Gasteiger partial charge in [-0.05, 0) is 18.6 Å². The van der Waals surface area contributed by atoms with Crippen LogP contribution < -0.4 is 10.6 Å². The molecule has 24 heavy (non-hydrogen) atoms. The maximum atomic E-state index is 12.6. The van der Waals surface area contributed by atoms with Gasteiger partial charge in [0.15, 0.2) is 0 Å². The Morgan fingerprint density at radius 3 is 2.58 bits per heavy atom. The van der Waals surface area contributed by atoms with Gasteiger partial charge in [0.2, 0.25) is 0 Å². The molecule has 0 fully saturated rings. The molecule has 0 N–H and O–H groups in total. The van der Waals surface area contributed by atoms with Crippen LogP contribution in [0.2, 0.25) is 0 Å². The average molecular weight is 317 g/mol. The summed E-state index contributed by atoms with van der Waals surface area (Å²) in [5.74, 6) is 0. The van der Waals surface area contributed by atoms with Gasteiger partial charge in [-0.2, -0.15) is 0 Å². The normalized spacial score (nSPS) is 12.1. The second-order valence-electron chi connectivity index (χ2n) is 5.45. The van der Waals surface area contributed by atoms with Crippen LogP contribution in [0, 0.1) is 0 Å². The molecule has 0 spiro atoms. The molecule has 0 aliphatic heterocycles. The van der Waals surface area contributed by atoms with Crippen molar-refractivity contribution in [3.05, 3.63) is 82.9 Å². The lowest BCUT2D eigenvalue weighted by Crippen LogP contribution is -2.32. The molecule has 3 aromatic rings. The number of fused-ring (bicyclic) bond motifs is 1. The van der Waals surface area contributed by atoms with Crippen LogP contribution in [0.25, 0.3) is 23.6 Å². The minimum Gasteiger partial charge on any atom is -0.444 e. The smallest absolute Gasteiger partial charge is 0.419 e. The molecule has 3 nitrogen and oxygen atoms in total. The number of ether oxygens (including phenoxy) is 1. The van der Waals surface area contributed by atoms with Crippen LogP contribution in [0.4, 0.5) is 4.79 Å². The van der Waals surface area contributed by atoms with Crippen LogP contribution in [0.5, 0.6) is 0 Å². The van der Waals surface area contributed by atoms with Gasteiger partial charge < -0.3 is 4.74 Å². The van der Waals surface area contributed by atoms with Crippen molar-refractivity contribution in [1.29, 1.82) is 0 Å². The fourth-order valence-corrected chi connectivity index (χ4v) is 2.69. The van der Waals surface area contributed by atoms with Gasteiger partial charge in [0.05, 0.1) is 10.9 Å². The number of carbonyl (C=O) groups excluding carboxylic acids is 1. The highest BCUT2D eigenvalue weighted by molar-refractivity contribution is 5.90. The van der Waals surface area contributed by atoms with Crippen molar-refractivity contribution >= 4 is 29.7 Å². The predicted octanol–water partition coefficient (Wildman–Crippen LogP) is 3.59. The van der Waals surface area contributed by atoms with Crippen molar-refractivity contribution in [2.24, 2.45) is 0 Å². The van der Waals surface area contributed by atoms with E-state index in [9.17, 15) is 4.79 Å². The van der Waals surface area contributed by atoms with E-state index in [0.717, 1.165) is 21.7 Å². The summed E-state index contributed by atoms with van der Waals surface area (Å²) in [6.07, 6.45) is 5.43. The summed E-state index contributed by atoms with van der Waals surface area (Å²) in [6.45, 7) is 6.27. The quantitative estimate of drug-likeness (QED) is 0.739. The van der Waals surface area contributed by atoms with Crippen molar-refractivity contribution in [2.75, 3.05) is 0 Å². The van der Waals surface area contributed by atoms with Crippen LogP contribution in [0.1, 0.15) is 12.5 Å². The van der Waals surface area contributed by atoms with Crippen molar-refractivity contribution in [3.8, 4) is 0 Å². The molecule has 0 amide bonds. The van der Waals surface area contributed by atoms with Gasteiger partial charge in [-0.3, -0.25) is 0 Å². The molecular weight excluding hydrogens is 298 g/mol. The summed E-state index contributed by atoms with van der Waals surface area (Å²) in [7, 11) is 0. The third-order valence-corrected chi connectivity index (χ3v) is 3.86. The molecule has 0 aliphatic carbocycles. The molecule has 1 aromatic heterocycles. The maximum Gasteiger partial charge on any atom is 0.419 e. The Kier molecular flexibility index (Phi) is 4.62. The van der Waals surface area contributed by atoms with Gasteiger partial charge >= 0.3 is 6.09 Å². The van der Waals surface area contributed by atoms with Crippen molar-refractivity contribution in [2.45, 2.75) is 13.5 Å². The second kappa shape index (κ2) is 7.01. The number of aromatic nitrogens is 1. The van der Waals surface area contributed by atoms with Gasteiger partial charge in [0.1, 0.15) is 6.61 Å². The minimum absolute atomic E-state index is 0.236. The number of carbonyl (C=O) groups is 1. The molecule has 3 heteroatoms. The van der Waals surface area contributed by atoms with Crippen LogP contribution in [-0.4, -0.2) is 10.7 Å². The molecule has 2 aromatic carbocycles. The lowest BCUT2D eigenvalue weighted by Gasteiger charge is -2.07. The van der Waals surface area contributed by atoms with E-state index in [2.05, 4.69) is 6.58 Å². The third kappa shape index (κ3) is 3.01. The van der Waals surface area contributed by atoms with Crippen LogP contribution in [-0.2, 0) is 11.3 Å². The van der Waals surface area contributed by atoms with Gasteiger partial charge in [-0.25, -0.2) is 9.36 Å². The zero-order valence-electron chi connectivity index (χ0n) is 13.6. The Balaban J connectivity index is 2.01. The number of rotatable bonds is 3. The first-order valence-corrected chi connectivity index (χ1v) is 7.85. The summed E-state index contributed by atoms with van der Waals surface area (Å²) in [4.78, 5) is 12.6. The lowest BCUT2D eigenvalue weighted by atomic mass is 10.2. The molecule has 0 radical (unpaired) electrons. The standard InChI is InChI=1S/C21H19NO2/c1-3-4-12-18-16(2)22(20-14-9-8-13-19(18)20)21(23)24-15-17-10-6-5-7-11-17/h3-14H,2,15H2,1H3/b4-3-,18-12+. The van der Waals surface area contributed by atoms with E-state index in [-0.39, 0.29) is 6.61 Å². The van der Waals surface area contributed by atoms with E-state index in [1.165, 1.54) is 4.57 Å². The highest BCUT2D eigenvalue weighted by Crippen LogP contribution is 2.10. The van der Waals surface area contributed by atoms with Gasteiger partial charge in [-0.15, -0.1) is 0 Å². The molecule has 0 saturated heterocycles. The number of hydrogen-bond donors (Lipinski definition) is 0. The molecule has 0 bridgehead atoms. The average Bonchev–Trinajstić information content (AvgIpc) is 2.90. The summed E-state index contributed by atoms with van der Waals surface area (Å²) in [5, 5.41) is 2.55. The number of benzene rings is 2. The van der Waals surface area contributed by atoms with E-state index in [4.69, 9.17) is 4.74 Å². The SMILES string of the molecule is C=c1/c(=C\C=C/C)c2ccccc2n1C(=O)OCc1ccccc1. The van der Waals surface area contributed by atoms with Crippen molar-refractivity contribution < 1.29 is 9.53 Å². The molecule has 120 valence electrons. The van der Waals surface area contributed by atoms with E-state index < -0.39 is 6.09 Å². The van der Waals surface area contributed by atoms with Crippen LogP contribution >= 0.6 is 0 Å². The molecule has 0 aliphatic rings. The summed E-state index contributed by atoms with van der Waals surface area (Å²) in [6, 6.07) is 17.4. The van der Waals surface area contributed by atoms with Gasteiger partial charge in [0.25, 0.3) is 0 Å².